The third kappa shape index (κ3) is 5.21. The van der Waals surface area contributed by atoms with Gasteiger partial charge >= 0.3 is 12.2 Å². The third-order valence-corrected chi connectivity index (χ3v) is 3.42. The van der Waals surface area contributed by atoms with E-state index in [-0.39, 0.29) is 18.9 Å². The number of amides is 2. The van der Waals surface area contributed by atoms with Crippen LogP contribution in [0.3, 0.4) is 0 Å². The van der Waals surface area contributed by atoms with Crippen LogP contribution in [0.2, 0.25) is 0 Å². The molecule has 0 saturated carbocycles. The van der Waals surface area contributed by atoms with Gasteiger partial charge in [-0.25, -0.2) is 23.5 Å². The zero-order valence-electron chi connectivity index (χ0n) is 13.5. The number of hydrogen-bond donors (Lipinski definition) is 1. The van der Waals surface area contributed by atoms with Crippen molar-refractivity contribution in [1.29, 1.82) is 0 Å². The predicted octanol–water partition coefficient (Wildman–Crippen LogP) is 2.67. The number of hydrogen-bond acceptors (Lipinski definition) is 4. The van der Waals surface area contributed by atoms with E-state index in [2.05, 4.69) is 15.3 Å². The molecule has 11 heteroatoms. The summed E-state index contributed by atoms with van der Waals surface area (Å²) in [6.45, 7) is 1.90. The summed E-state index contributed by atoms with van der Waals surface area (Å²) in [4.78, 5) is 20.4. The Bertz CT molecular complexity index is 623. The van der Waals surface area contributed by atoms with Gasteiger partial charge in [0.2, 0.25) is 0 Å². The maximum absolute atomic E-state index is 12.9. The molecule has 2 amide bonds. The number of carbonyl (C=O) groups excluding carboxylic acids is 1. The number of rotatable bonds is 3. The number of morpholine rings is 1. The first kappa shape index (κ1) is 19.3. The second kappa shape index (κ2) is 7.06. The normalized spacial score (nSPS) is 20.6. The van der Waals surface area contributed by atoms with Gasteiger partial charge in [0.1, 0.15) is 11.5 Å². The SMILES string of the molecule is CC1(C)CN(C(=O)NCc2nccc(C(F)F)n2)CC(C(F)(F)F)O1. The number of aromatic nitrogens is 2. The van der Waals surface area contributed by atoms with E-state index in [1.165, 1.54) is 13.8 Å². The highest BCUT2D eigenvalue weighted by Gasteiger charge is 2.49. The van der Waals surface area contributed by atoms with Gasteiger partial charge in [0, 0.05) is 6.20 Å². The molecule has 1 aromatic rings. The molecule has 25 heavy (non-hydrogen) atoms. The summed E-state index contributed by atoms with van der Waals surface area (Å²) in [5.74, 6) is -0.0639. The minimum atomic E-state index is -4.61. The summed E-state index contributed by atoms with van der Waals surface area (Å²) < 4.78 is 68.9. The summed E-state index contributed by atoms with van der Waals surface area (Å²) >= 11 is 0. The standard InChI is InChI=1S/C14H17F5N4O2/c1-13(2)7-23(6-9(25-13)14(17,18)19)12(24)21-5-10-20-4-3-8(22-10)11(15)16/h3-4,9,11H,5-7H2,1-2H3,(H,21,24). The molecule has 1 fully saturated rings. The summed E-state index contributed by atoms with van der Waals surface area (Å²) in [7, 11) is 0. The maximum Gasteiger partial charge on any atom is 0.416 e. The molecule has 0 aromatic carbocycles. The van der Waals surface area contributed by atoms with E-state index in [1.54, 1.807) is 0 Å². The summed E-state index contributed by atoms with van der Waals surface area (Å²) in [5, 5.41) is 2.34. The molecule has 140 valence electrons. The third-order valence-electron chi connectivity index (χ3n) is 3.42. The monoisotopic (exact) mass is 368 g/mol. The molecule has 2 rings (SSSR count). The number of alkyl halides is 5. The minimum absolute atomic E-state index is 0.0522. The van der Waals surface area contributed by atoms with E-state index < -0.39 is 42.6 Å². The van der Waals surface area contributed by atoms with E-state index in [0.29, 0.717) is 0 Å². The quantitative estimate of drug-likeness (QED) is 0.833. The molecule has 1 N–H and O–H groups in total. The van der Waals surface area contributed by atoms with Gasteiger partial charge in [-0.2, -0.15) is 13.2 Å². The lowest BCUT2D eigenvalue weighted by atomic mass is 10.1. The number of nitrogens with zero attached hydrogens (tertiary/aromatic N) is 3. The van der Waals surface area contributed by atoms with Crippen molar-refractivity contribution >= 4 is 6.03 Å². The van der Waals surface area contributed by atoms with Crippen LogP contribution in [0.25, 0.3) is 0 Å². The summed E-state index contributed by atoms with van der Waals surface area (Å²) in [5.41, 5.74) is -1.68. The fourth-order valence-electron chi connectivity index (χ4n) is 2.40. The van der Waals surface area contributed by atoms with Crippen LogP contribution in [-0.4, -0.2) is 51.9 Å². The molecule has 1 saturated heterocycles. The number of nitrogens with one attached hydrogen (secondary N) is 1. The van der Waals surface area contributed by atoms with Gasteiger partial charge in [-0.3, -0.25) is 0 Å². The Morgan fingerprint density at radius 1 is 1.48 bits per heavy atom. The van der Waals surface area contributed by atoms with Gasteiger partial charge in [-0.05, 0) is 19.9 Å². The second-order valence-corrected chi connectivity index (χ2v) is 6.15. The first-order valence-corrected chi connectivity index (χ1v) is 7.35. The molecule has 0 spiro atoms. The number of ether oxygens (including phenoxy) is 1. The van der Waals surface area contributed by atoms with Gasteiger partial charge in [-0.15, -0.1) is 0 Å². The van der Waals surface area contributed by atoms with Gasteiger partial charge in [0.25, 0.3) is 6.43 Å². The summed E-state index contributed by atoms with van der Waals surface area (Å²) in [6.07, 6.45) is -8.37. The van der Waals surface area contributed by atoms with E-state index in [0.717, 1.165) is 17.2 Å². The zero-order chi connectivity index (χ0) is 18.8. The van der Waals surface area contributed by atoms with Gasteiger partial charge in [-0.1, -0.05) is 0 Å². The first-order valence-electron chi connectivity index (χ1n) is 7.35. The van der Waals surface area contributed by atoms with Crippen molar-refractivity contribution in [3.63, 3.8) is 0 Å². The van der Waals surface area contributed by atoms with Crippen LogP contribution in [0.1, 0.15) is 31.8 Å². The average Bonchev–Trinajstić information content (AvgIpc) is 2.50. The predicted molar refractivity (Wildman–Crippen MR) is 75.8 cm³/mol. The van der Waals surface area contributed by atoms with Gasteiger partial charge in [0.05, 0.1) is 25.2 Å². The molecule has 1 aliphatic heterocycles. The molecule has 1 aliphatic rings. The van der Waals surface area contributed by atoms with Gasteiger partial charge in [0.15, 0.2) is 6.10 Å². The highest BCUT2D eigenvalue weighted by molar-refractivity contribution is 5.74. The molecule has 6 nitrogen and oxygen atoms in total. The topological polar surface area (TPSA) is 67.4 Å². The average molecular weight is 368 g/mol. The van der Waals surface area contributed by atoms with Crippen LogP contribution >= 0.6 is 0 Å². The van der Waals surface area contributed by atoms with E-state index in [9.17, 15) is 26.7 Å². The molecular formula is C14H17F5N4O2. The lowest BCUT2D eigenvalue weighted by Crippen LogP contribution is -2.60. The number of halogens is 5. The Balaban J connectivity index is 2.01. The zero-order valence-corrected chi connectivity index (χ0v) is 13.5. The largest absolute Gasteiger partial charge is 0.416 e. The Hall–Kier alpha value is -2.04. The van der Waals surface area contributed by atoms with Crippen LogP contribution in [0.5, 0.6) is 0 Å². The summed E-state index contributed by atoms with van der Waals surface area (Å²) in [6, 6.07) is 0.255. The fraction of sp³-hybridized carbons (Fsp3) is 0.643. The van der Waals surface area contributed by atoms with Crippen LogP contribution in [0.15, 0.2) is 12.3 Å². The van der Waals surface area contributed by atoms with Crippen molar-refractivity contribution in [2.24, 2.45) is 0 Å². The van der Waals surface area contributed by atoms with E-state index in [1.807, 2.05) is 0 Å². The van der Waals surface area contributed by atoms with Crippen molar-refractivity contribution < 1.29 is 31.5 Å². The second-order valence-electron chi connectivity index (χ2n) is 6.15. The van der Waals surface area contributed by atoms with Crippen LogP contribution < -0.4 is 5.32 Å². The van der Waals surface area contributed by atoms with Crippen molar-refractivity contribution in [2.45, 2.75) is 44.7 Å². The molecule has 0 aliphatic carbocycles. The highest BCUT2D eigenvalue weighted by Crippen LogP contribution is 2.31. The van der Waals surface area contributed by atoms with E-state index >= 15 is 0 Å². The molecule has 2 heterocycles. The Morgan fingerprint density at radius 3 is 2.76 bits per heavy atom. The fourth-order valence-corrected chi connectivity index (χ4v) is 2.40. The molecule has 0 bridgehead atoms. The van der Waals surface area contributed by atoms with Crippen LogP contribution in [-0.2, 0) is 11.3 Å². The Kier molecular flexibility index (Phi) is 5.45. The molecule has 0 radical (unpaired) electrons. The maximum atomic E-state index is 12.9. The lowest BCUT2D eigenvalue weighted by molar-refractivity contribution is -0.267. The Labute approximate surface area is 140 Å². The molecule has 1 atom stereocenters. The van der Waals surface area contributed by atoms with Crippen molar-refractivity contribution in [2.75, 3.05) is 13.1 Å². The van der Waals surface area contributed by atoms with E-state index in [4.69, 9.17) is 4.74 Å². The van der Waals surface area contributed by atoms with Crippen LogP contribution in [0.4, 0.5) is 26.7 Å². The van der Waals surface area contributed by atoms with Gasteiger partial charge < -0.3 is 15.0 Å². The minimum Gasteiger partial charge on any atom is -0.359 e. The first-order chi connectivity index (χ1) is 11.5. The lowest BCUT2D eigenvalue weighted by Gasteiger charge is -2.43. The molecular weight excluding hydrogens is 351 g/mol. The van der Waals surface area contributed by atoms with Crippen molar-refractivity contribution in [3.05, 3.63) is 23.8 Å². The van der Waals surface area contributed by atoms with Crippen molar-refractivity contribution in [1.82, 2.24) is 20.2 Å². The highest BCUT2D eigenvalue weighted by atomic mass is 19.4. The smallest absolute Gasteiger partial charge is 0.359 e. The van der Waals surface area contributed by atoms with Crippen LogP contribution in [0, 0.1) is 0 Å². The number of carbonyl (C=O) groups is 1. The molecule has 1 unspecified atom stereocenters. The molecule has 1 aromatic heterocycles. The number of urea groups is 1. The van der Waals surface area contributed by atoms with Crippen molar-refractivity contribution in [3.8, 4) is 0 Å². The Morgan fingerprint density at radius 2 is 2.16 bits per heavy atom.